The van der Waals surface area contributed by atoms with E-state index in [1.165, 1.54) is 48.9 Å². The number of carbonyl (C=O) groups is 2. The van der Waals surface area contributed by atoms with Gasteiger partial charge in [0, 0.05) is 151 Å². The summed E-state index contributed by atoms with van der Waals surface area (Å²) in [5, 5.41) is 22.8. The van der Waals surface area contributed by atoms with Gasteiger partial charge in [0.05, 0.1) is 70.0 Å². The van der Waals surface area contributed by atoms with E-state index >= 15 is 26.3 Å². The van der Waals surface area contributed by atoms with Crippen LogP contribution < -0.4 is 28.9 Å². The van der Waals surface area contributed by atoms with Crippen LogP contribution >= 0.6 is 34.8 Å². The molecule has 6 aromatic heterocycles. The molecule has 0 radical (unpaired) electrons. The molecule has 602 valence electrons. The second-order valence-corrected chi connectivity index (χ2v) is 30.9. The van der Waals surface area contributed by atoms with Crippen LogP contribution in [-0.2, 0) is 9.53 Å². The number of ether oxygens (including phenoxy) is 4. The first-order chi connectivity index (χ1) is 54.7. The van der Waals surface area contributed by atoms with Crippen molar-refractivity contribution >= 4 is 130 Å². The van der Waals surface area contributed by atoms with Crippen LogP contribution in [0.3, 0.4) is 0 Å². The van der Waals surface area contributed by atoms with Crippen LogP contribution in [0.5, 0.6) is 18.0 Å². The number of nitrogens with zero attached hydrogens (tertiary/aromatic N) is 17. The molecule has 3 aliphatic heterocycles. The van der Waals surface area contributed by atoms with E-state index in [4.69, 9.17) is 53.8 Å². The molecular weight excluding hydrogens is 1550 g/mol. The number of H-pyrrole nitrogens is 3. The largest absolute Gasteiger partial charge is 0.463 e. The third-order valence-electron chi connectivity index (χ3n) is 19.6. The summed E-state index contributed by atoms with van der Waals surface area (Å²) in [6.45, 7) is 14.1. The third-order valence-corrected chi connectivity index (χ3v) is 20.5. The average Bonchev–Trinajstić information content (AvgIpc) is 1.07. The summed E-state index contributed by atoms with van der Waals surface area (Å²) < 4.78 is 117. The molecule has 0 atom stereocenters. The molecule has 3 aliphatic rings. The first-order valence-corrected chi connectivity index (χ1v) is 38.6. The highest BCUT2D eigenvalue weighted by atomic mass is 35.5. The zero-order valence-corrected chi connectivity index (χ0v) is 66.8. The number of carbonyl (C=O) groups excluding carboxylic acids is 2. The fourth-order valence-corrected chi connectivity index (χ4v) is 14.9. The highest BCUT2D eigenvalue weighted by Gasteiger charge is 2.33. The van der Waals surface area contributed by atoms with Crippen molar-refractivity contribution in [2.75, 3.05) is 162 Å². The average molecular weight is 1630 g/mol. The van der Waals surface area contributed by atoms with Crippen molar-refractivity contribution in [3.63, 3.8) is 0 Å². The Bertz CT molecular complexity index is 5500. The molecule has 35 heteroatoms. The summed E-state index contributed by atoms with van der Waals surface area (Å²) in [6.07, 6.45) is 10.1. The Kier molecular flexibility index (Phi) is 25.5. The minimum atomic E-state index is -0.792. The molecule has 12 aromatic rings. The number of aromatic nitrogens is 12. The lowest BCUT2D eigenvalue weighted by Crippen LogP contribution is -2.50. The first kappa shape index (κ1) is 81.6. The van der Waals surface area contributed by atoms with Gasteiger partial charge in [0.1, 0.15) is 57.1 Å². The Balaban J connectivity index is 0.000000150. The van der Waals surface area contributed by atoms with Gasteiger partial charge in [0.2, 0.25) is 6.41 Å². The lowest BCUT2D eigenvalue weighted by Gasteiger charge is -2.36. The van der Waals surface area contributed by atoms with Crippen LogP contribution in [0.1, 0.15) is 59.3 Å². The monoisotopic (exact) mass is 1630 g/mol. The van der Waals surface area contributed by atoms with Crippen molar-refractivity contribution in [3.8, 4) is 51.4 Å². The van der Waals surface area contributed by atoms with Gasteiger partial charge in [0.25, 0.3) is 0 Å². The minimum Gasteiger partial charge on any atom is -0.463 e. The molecule has 0 unspecified atom stereocenters. The summed E-state index contributed by atoms with van der Waals surface area (Å²) in [6, 6.07) is 13.3. The molecule has 3 N–H and O–H groups in total. The molecule has 3 saturated heterocycles. The van der Waals surface area contributed by atoms with Crippen molar-refractivity contribution in [2.24, 2.45) is 0 Å². The Morgan fingerprint density at radius 1 is 0.447 bits per heavy atom. The number of hydrogen-bond donors (Lipinski definition) is 3. The molecule has 9 heterocycles. The number of fused-ring (bicyclic) bond motifs is 6. The van der Waals surface area contributed by atoms with Gasteiger partial charge in [-0.3, -0.25) is 20.1 Å². The van der Waals surface area contributed by atoms with Gasteiger partial charge in [-0.15, -0.1) is 0 Å². The van der Waals surface area contributed by atoms with Crippen LogP contribution in [0.2, 0.25) is 15.1 Å². The van der Waals surface area contributed by atoms with Gasteiger partial charge in [-0.1, -0.05) is 34.8 Å². The van der Waals surface area contributed by atoms with Crippen LogP contribution in [0.4, 0.5) is 48.6 Å². The van der Waals surface area contributed by atoms with Gasteiger partial charge in [-0.2, -0.15) is 45.2 Å². The predicted octanol–water partition coefficient (Wildman–Crippen LogP) is 14.6. The second kappa shape index (κ2) is 35.6. The van der Waals surface area contributed by atoms with Crippen LogP contribution in [0.15, 0.2) is 73.2 Å². The molecule has 26 nitrogen and oxygen atoms in total. The van der Waals surface area contributed by atoms with Gasteiger partial charge in [-0.05, 0) is 156 Å². The highest BCUT2D eigenvalue weighted by molar-refractivity contribution is 6.36. The second-order valence-electron chi connectivity index (χ2n) is 29.7. The fraction of sp³-hybridized carbons (Fsp3) is 0.405. The number of nitrogens with one attached hydrogen (secondary N) is 3. The van der Waals surface area contributed by atoms with Gasteiger partial charge < -0.3 is 58.1 Å². The van der Waals surface area contributed by atoms with E-state index in [1.54, 1.807) is 34.1 Å². The third kappa shape index (κ3) is 18.1. The van der Waals surface area contributed by atoms with Gasteiger partial charge in [-0.25, -0.2) is 31.1 Å². The van der Waals surface area contributed by atoms with E-state index in [9.17, 15) is 9.59 Å². The van der Waals surface area contributed by atoms with E-state index < -0.39 is 46.6 Å². The molecule has 114 heavy (non-hydrogen) atoms. The van der Waals surface area contributed by atoms with Crippen LogP contribution in [0.25, 0.3) is 98.8 Å². The molecule has 0 spiro atoms. The van der Waals surface area contributed by atoms with E-state index in [-0.39, 0.29) is 83.0 Å². The van der Waals surface area contributed by atoms with Crippen molar-refractivity contribution in [3.05, 3.63) is 123 Å². The number of amides is 2. The summed E-state index contributed by atoms with van der Waals surface area (Å²) in [4.78, 5) is 66.3. The van der Waals surface area contributed by atoms with Crippen molar-refractivity contribution in [2.45, 2.75) is 64.9 Å². The van der Waals surface area contributed by atoms with Crippen LogP contribution in [-0.4, -0.2) is 250 Å². The maximum Gasteiger partial charge on any atom is 0.410 e. The number of piperazine rings is 2. The standard InChI is InChI=1S/C29H34ClF2N7O3.C25H26ClF2N7O2.C25H27ClF2N6O/c1-29(2,3)42-28(40)39-12-10-38(11-13-39)26-17-15-19(30)23(22-18-16-33-36-21(18)8-7-20(22)31)24(32)25(17)34-27(35-26)41-14-6-9-37(4)5;1-33(2)6-3-11-37-25-30-23-15(24(31-25)35-9-7-34(14-36)8-10-35)12-17(26)21(22(23)28)20-16-13-29-32-19(16)5-4-18(20)27;1-33(2)9-6-12-35-25-30-23-15(24(31-25)34-10-4-3-5-11-34)13-17(26)21(22(23)28)20-16-14-29-32-19(16)8-7-18(20)27/h7-8,15-16H,6,9-14H2,1-5H3,(H,33,36);4-5,12-14H,3,6-11H2,1-2H3,(H,29,32);7-8,13-14H,3-6,9-12H2,1-2H3,(H,29,32). The Labute approximate surface area is 667 Å². The smallest absolute Gasteiger partial charge is 0.410 e. The maximum absolute atomic E-state index is 16.5. The Morgan fingerprint density at radius 2 is 0.772 bits per heavy atom. The summed E-state index contributed by atoms with van der Waals surface area (Å²) in [5.41, 5.74) is 0.821. The SMILES string of the molecule is CN(C)CCCOc1nc(N2CCCCC2)c2cc(Cl)c(-c3c(F)ccc4[nH]ncc34)c(F)c2n1.CN(C)CCCOc1nc(N2CCN(C(=O)OC(C)(C)C)CC2)c2cc(Cl)c(-c3c(F)ccc4[nH]ncc34)c(F)c2n1.CN(C)CCCOc1nc(N2CCN(C=O)CC2)c2cc(Cl)c(-c3c(F)ccc4[nH]ncc34)c(F)c2n1. The topological polar surface area (TPSA) is 260 Å². The zero-order chi connectivity index (χ0) is 80.8. The predicted molar refractivity (Wildman–Crippen MR) is 431 cm³/mol. The fourth-order valence-electron chi connectivity index (χ4n) is 14.0. The highest BCUT2D eigenvalue weighted by Crippen LogP contribution is 2.46. The number of halogens is 9. The van der Waals surface area contributed by atoms with E-state index in [0.717, 1.165) is 71.2 Å². The number of benzene rings is 6. The zero-order valence-electron chi connectivity index (χ0n) is 64.5. The molecule has 2 amide bonds. The first-order valence-electron chi connectivity index (χ1n) is 37.4. The van der Waals surface area contributed by atoms with Crippen LogP contribution in [0, 0.1) is 34.9 Å². The summed E-state index contributed by atoms with van der Waals surface area (Å²) in [7, 11) is 11.8. The van der Waals surface area contributed by atoms with Gasteiger partial charge in [0.15, 0.2) is 17.5 Å². The molecule has 0 saturated carbocycles. The normalized spacial score (nSPS) is 14.3. The Morgan fingerprint density at radius 3 is 1.09 bits per heavy atom. The minimum absolute atomic E-state index is 0.00000729. The lowest BCUT2D eigenvalue weighted by atomic mass is 9.98. The molecular formula is C79H87Cl3F6N20O6. The molecule has 0 aliphatic carbocycles. The molecule has 0 bridgehead atoms. The van der Waals surface area contributed by atoms with E-state index in [2.05, 4.69) is 70.3 Å². The van der Waals surface area contributed by atoms with Crippen molar-refractivity contribution in [1.29, 1.82) is 0 Å². The lowest BCUT2D eigenvalue weighted by molar-refractivity contribution is -0.118. The molecule has 15 rings (SSSR count). The summed E-state index contributed by atoms with van der Waals surface area (Å²) in [5.74, 6) is -2.68. The number of anilines is 3. The number of aromatic amines is 3. The van der Waals surface area contributed by atoms with Crippen molar-refractivity contribution < 1.29 is 54.9 Å². The number of rotatable bonds is 22. The Hall–Kier alpha value is -10.4. The maximum atomic E-state index is 16.5. The van der Waals surface area contributed by atoms with Crippen molar-refractivity contribution in [1.82, 2.24) is 85.0 Å². The molecule has 6 aromatic carbocycles. The number of hydrogen-bond acceptors (Lipinski definition) is 21. The van der Waals surface area contributed by atoms with Gasteiger partial charge >= 0.3 is 24.1 Å². The quantitative estimate of drug-likeness (QED) is 0.0323. The van der Waals surface area contributed by atoms with E-state index in [0.29, 0.717) is 145 Å². The van der Waals surface area contributed by atoms with E-state index in [1.807, 2.05) is 82.7 Å². The summed E-state index contributed by atoms with van der Waals surface area (Å²) >= 11 is 19.9. The number of piperidine rings is 1. The molecule has 3 fully saturated rings.